The van der Waals surface area contributed by atoms with Crippen LogP contribution in [-0.4, -0.2) is 28.1 Å². The average Bonchev–Trinajstić information content (AvgIpc) is 2.73. The van der Waals surface area contributed by atoms with E-state index in [9.17, 15) is 14.0 Å². The van der Waals surface area contributed by atoms with Crippen molar-refractivity contribution in [3.8, 4) is 17.0 Å². The highest BCUT2D eigenvalue weighted by molar-refractivity contribution is 5.80. The quantitative estimate of drug-likeness (QED) is 0.650. The Hall–Kier alpha value is -3.48. The third-order valence-corrected chi connectivity index (χ3v) is 4.90. The summed E-state index contributed by atoms with van der Waals surface area (Å²) in [7, 11) is 0. The molecule has 1 heterocycles. The number of carbonyl (C=O) groups excluding carboxylic acids is 1. The maximum absolute atomic E-state index is 13.0. The number of nitrogens with zero attached hydrogens (tertiary/aromatic N) is 2. The molecular formula is C23H24FN3O3. The summed E-state index contributed by atoms with van der Waals surface area (Å²) in [6, 6.07) is 12.9. The number of benzene rings is 2. The molecule has 1 aromatic heterocycles. The monoisotopic (exact) mass is 409 g/mol. The molecule has 0 aliphatic rings. The van der Waals surface area contributed by atoms with Crippen molar-refractivity contribution >= 4 is 5.91 Å². The number of hydrogen-bond donors (Lipinski definition) is 1. The molecule has 2 aromatic carbocycles. The molecule has 1 amide bonds. The van der Waals surface area contributed by atoms with Crippen LogP contribution in [0.2, 0.25) is 0 Å². The summed E-state index contributed by atoms with van der Waals surface area (Å²) in [5.41, 5.74) is 2.97. The summed E-state index contributed by atoms with van der Waals surface area (Å²) >= 11 is 0. The Morgan fingerprint density at radius 1 is 1.20 bits per heavy atom. The highest BCUT2D eigenvalue weighted by Gasteiger charge is 2.15. The highest BCUT2D eigenvalue weighted by Crippen LogP contribution is 2.21. The Balaban J connectivity index is 1.55. The Labute approximate surface area is 174 Å². The van der Waals surface area contributed by atoms with Crippen LogP contribution in [-0.2, 0) is 11.3 Å². The van der Waals surface area contributed by atoms with Crippen LogP contribution >= 0.6 is 0 Å². The molecule has 0 fully saturated rings. The number of nitrogens with one attached hydrogen (secondary N) is 1. The van der Waals surface area contributed by atoms with Gasteiger partial charge >= 0.3 is 0 Å². The maximum Gasteiger partial charge on any atom is 0.260 e. The number of rotatable bonds is 7. The van der Waals surface area contributed by atoms with E-state index in [0.29, 0.717) is 17.0 Å². The molecule has 1 N–H and O–H groups in total. The minimum absolute atomic E-state index is 0.252. The summed E-state index contributed by atoms with van der Waals surface area (Å²) in [4.78, 5) is 28.9. The molecule has 0 radical (unpaired) electrons. The predicted molar refractivity (Wildman–Crippen MR) is 113 cm³/mol. The maximum atomic E-state index is 13.0. The first-order valence-corrected chi connectivity index (χ1v) is 9.68. The van der Waals surface area contributed by atoms with Gasteiger partial charge in [0.05, 0.1) is 12.0 Å². The molecule has 0 aliphatic carbocycles. The largest absolute Gasteiger partial charge is 0.481 e. The fourth-order valence-corrected chi connectivity index (χ4v) is 2.91. The fraction of sp³-hybridized carbons (Fsp3) is 0.261. The molecule has 0 spiro atoms. The molecule has 156 valence electrons. The van der Waals surface area contributed by atoms with Gasteiger partial charge in [0.1, 0.15) is 11.6 Å². The molecule has 0 saturated heterocycles. The van der Waals surface area contributed by atoms with Crippen molar-refractivity contribution in [2.24, 2.45) is 0 Å². The summed E-state index contributed by atoms with van der Waals surface area (Å²) in [5, 5.41) is 2.77. The Kier molecular flexibility index (Phi) is 6.61. The summed E-state index contributed by atoms with van der Waals surface area (Å²) in [6.45, 7) is 6.15. The van der Waals surface area contributed by atoms with Crippen molar-refractivity contribution in [1.29, 1.82) is 0 Å². The molecular weight excluding hydrogens is 385 g/mol. The molecule has 7 heteroatoms. The topological polar surface area (TPSA) is 73.2 Å². The number of aromatic nitrogens is 2. The summed E-state index contributed by atoms with van der Waals surface area (Å²) < 4.78 is 20.2. The minimum Gasteiger partial charge on any atom is -0.481 e. The Morgan fingerprint density at radius 3 is 2.63 bits per heavy atom. The average molecular weight is 409 g/mol. The lowest BCUT2D eigenvalue weighted by Crippen LogP contribution is -2.39. The van der Waals surface area contributed by atoms with Gasteiger partial charge in [-0.05, 0) is 62.2 Å². The predicted octanol–water partition coefficient (Wildman–Crippen LogP) is 3.25. The van der Waals surface area contributed by atoms with Crippen molar-refractivity contribution in [3.05, 3.63) is 82.2 Å². The van der Waals surface area contributed by atoms with Crippen molar-refractivity contribution in [2.45, 2.75) is 33.4 Å². The first kappa shape index (κ1) is 21.2. The standard InChI is InChI=1S/C23H24FN3O3/c1-15-5-4-6-21(16(15)2)30-17(3)23(29)25-11-12-27-14-26-20(13-22(27)28)18-7-9-19(24)10-8-18/h4-10,13-14,17H,11-12H2,1-3H3,(H,25,29). The second-order valence-electron chi connectivity index (χ2n) is 7.06. The normalized spacial score (nSPS) is 11.7. The molecule has 1 atom stereocenters. The van der Waals surface area contributed by atoms with Gasteiger partial charge in [-0.2, -0.15) is 0 Å². The van der Waals surface area contributed by atoms with E-state index < -0.39 is 6.10 Å². The van der Waals surface area contributed by atoms with Gasteiger partial charge < -0.3 is 10.1 Å². The smallest absolute Gasteiger partial charge is 0.260 e. The zero-order valence-electron chi connectivity index (χ0n) is 17.2. The van der Waals surface area contributed by atoms with Gasteiger partial charge in [-0.15, -0.1) is 0 Å². The molecule has 3 rings (SSSR count). The second-order valence-corrected chi connectivity index (χ2v) is 7.06. The number of aryl methyl sites for hydroxylation is 1. The van der Waals surface area contributed by atoms with Crippen LogP contribution < -0.4 is 15.6 Å². The van der Waals surface area contributed by atoms with Crippen LogP contribution in [0.1, 0.15) is 18.1 Å². The zero-order valence-corrected chi connectivity index (χ0v) is 17.2. The molecule has 0 bridgehead atoms. The number of ether oxygens (including phenoxy) is 1. The Morgan fingerprint density at radius 2 is 1.93 bits per heavy atom. The summed E-state index contributed by atoms with van der Waals surface area (Å²) in [6.07, 6.45) is 0.754. The number of hydrogen-bond acceptors (Lipinski definition) is 4. The van der Waals surface area contributed by atoms with Crippen LogP contribution in [0.15, 0.2) is 59.7 Å². The van der Waals surface area contributed by atoms with E-state index in [1.54, 1.807) is 19.1 Å². The van der Waals surface area contributed by atoms with Crippen LogP contribution in [0.4, 0.5) is 4.39 Å². The second kappa shape index (κ2) is 9.35. The van der Waals surface area contributed by atoms with E-state index in [4.69, 9.17) is 4.74 Å². The molecule has 6 nitrogen and oxygen atoms in total. The number of halogens is 1. The number of amides is 1. The van der Waals surface area contributed by atoms with Gasteiger partial charge in [0, 0.05) is 24.7 Å². The van der Waals surface area contributed by atoms with Crippen LogP contribution in [0.5, 0.6) is 5.75 Å². The van der Waals surface area contributed by atoms with E-state index in [1.165, 1.54) is 29.1 Å². The van der Waals surface area contributed by atoms with E-state index in [-0.39, 0.29) is 30.4 Å². The van der Waals surface area contributed by atoms with E-state index in [2.05, 4.69) is 10.3 Å². The highest BCUT2D eigenvalue weighted by atomic mass is 19.1. The first-order valence-electron chi connectivity index (χ1n) is 9.68. The lowest BCUT2D eigenvalue weighted by molar-refractivity contribution is -0.127. The fourth-order valence-electron chi connectivity index (χ4n) is 2.91. The van der Waals surface area contributed by atoms with E-state index in [1.807, 2.05) is 32.0 Å². The third-order valence-electron chi connectivity index (χ3n) is 4.90. The molecule has 1 unspecified atom stereocenters. The van der Waals surface area contributed by atoms with Gasteiger partial charge in [-0.25, -0.2) is 9.37 Å². The van der Waals surface area contributed by atoms with Crippen molar-refractivity contribution in [2.75, 3.05) is 6.54 Å². The molecule has 30 heavy (non-hydrogen) atoms. The Bertz CT molecular complexity index is 1090. The minimum atomic E-state index is -0.666. The first-order chi connectivity index (χ1) is 14.3. The zero-order chi connectivity index (χ0) is 21.7. The van der Waals surface area contributed by atoms with Gasteiger partial charge in [0.2, 0.25) is 0 Å². The molecule has 0 aliphatic heterocycles. The van der Waals surface area contributed by atoms with Crippen molar-refractivity contribution < 1.29 is 13.9 Å². The van der Waals surface area contributed by atoms with Crippen LogP contribution in [0, 0.1) is 19.7 Å². The van der Waals surface area contributed by atoms with Crippen molar-refractivity contribution in [3.63, 3.8) is 0 Å². The van der Waals surface area contributed by atoms with Gasteiger partial charge in [0.15, 0.2) is 6.10 Å². The van der Waals surface area contributed by atoms with Crippen molar-refractivity contribution in [1.82, 2.24) is 14.9 Å². The van der Waals surface area contributed by atoms with Gasteiger partial charge in [0.25, 0.3) is 11.5 Å². The molecule has 0 saturated carbocycles. The van der Waals surface area contributed by atoms with Crippen LogP contribution in [0.3, 0.4) is 0 Å². The van der Waals surface area contributed by atoms with Crippen LogP contribution in [0.25, 0.3) is 11.3 Å². The lowest BCUT2D eigenvalue weighted by Gasteiger charge is -2.17. The van der Waals surface area contributed by atoms with Gasteiger partial charge in [-0.3, -0.25) is 14.2 Å². The van der Waals surface area contributed by atoms with E-state index in [0.717, 1.165) is 11.1 Å². The lowest BCUT2D eigenvalue weighted by atomic mass is 10.1. The third kappa shape index (κ3) is 5.11. The SMILES string of the molecule is Cc1cccc(OC(C)C(=O)NCCn2cnc(-c3ccc(F)cc3)cc2=O)c1C. The summed E-state index contributed by atoms with van der Waals surface area (Å²) in [5.74, 6) is 0.0629. The van der Waals surface area contributed by atoms with Gasteiger partial charge in [-0.1, -0.05) is 12.1 Å². The molecule has 3 aromatic rings. The number of carbonyl (C=O) groups is 1. The van der Waals surface area contributed by atoms with E-state index >= 15 is 0 Å².